The van der Waals surface area contributed by atoms with Crippen molar-refractivity contribution in [1.29, 1.82) is 0 Å². The molecule has 6 nitrogen and oxygen atoms in total. The molecule has 70 valence electrons. The first-order valence-electron chi connectivity index (χ1n) is 3.57. The molecule has 0 unspecified atom stereocenters. The quantitative estimate of drug-likeness (QED) is 0.580. The lowest BCUT2D eigenvalue weighted by molar-refractivity contribution is -0.303. The molecular formula is C7H8N3O3-. The molecule has 0 atom stereocenters. The number of carbonyl (C=O) groups is 2. The van der Waals surface area contributed by atoms with E-state index in [1.807, 2.05) is 0 Å². The lowest BCUT2D eigenvalue weighted by Gasteiger charge is -2.04. The molecule has 1 N–H and O–H groups in total. The zero-order valence-electron chi connectivity index (χ0n) is 6.98. The number of nitrogens with zero attached hydrogens (tertiary/aromatic N) is 2. The van der Waals surface area contributed by atoms with E-state index in [4.69, 9.17) is 0 Å². The molecule has 1 aromatic heterocycles. The van der Waals surface area contributed by atoms with Crippen LogP contribution in [0.1, 0.15) is 10.5 Å². The first kappa shape index (κ1) is 9.24. The first-order valence-corrected chi connectivity index (χ1v) is 3.57. The molecule has 1 rings (SSSR count). The number of carboxylic acids is 1. The lowest BCUT2D eigenvalue weighted by Crippen LogP contribution is -2.38. The van der Waals surface area contributed by atoms with Gasteiger partial charge in [0.15, 0.2) is 0 Å². The topological polar surface area (TPSA) is 87.0 Å². The fourth-order valence-electron chi connectivity index (χ4n) is 0.840. The fraction of sp³-hybridized carbons (Fsp3) is 0.286. The number of aliphatic carboxylic acids is 1. The summed E-state index contributed by atoms with van der Waals surface area (Å²) in [5, 5.41) is 15.9. The second kappa shape index (κ2) is 3.70. The van der Waals surface area contributed by atoms with Gasteiger partial charge in [-0.1, -0.05) is 0 Å². The van der Waals surface area contributed by atoms with Crippen LogP contribution >= 0.6 is 0 Å². The Labute approximate surface area is 74.2 Å². The van der Waals surface area contributed by atoms with Crippen LogP contribution in [0.15, 0.2) is 12.3 Å². The molecule has 6 heteroatoms. The van der Waals surface area contributed by atoms with Crippen LogP contribution in [0.3, 0.4) is 0 Å². The minimum atomic E-state index is -1.32. The zero-order chi connectivity index (χ0) is 9.84. The molecule has 0 fully saturated rings. The van der Waals surface area contributed by atoms with E-state index < -0.39 is 18.4 Å². The second-order valence-electron chi connectivity index (χ2n) is 2.39. The highest BCUT2D eigenvalue weighted by Gasteiger charge is 2.07. The minimum absolute atomic E-state index is 0.307. The number of carboxylic acid groups (broad SMARTS) is 1. The van der Waals surface area contributed by atoms with Gasteiger partial charge in [-0.05, 0) is 6.07 Å². The van der Waals surface area contributed by atoms with E-state index in [-0.39, 0.29) is 0 Å². The first-order chi connectivity index (χ1) is 6.11. The summed E-state index contributed by atoms with van der Waals surface area (Å²) < 4.78 is 1.35. The predicted molar refractivity (Wildman–Crippen MR) is 40.5 cm³/mol. The maximum Gasteiger partial charge on any atom is 0.269 e. The molecule has 13 heavy (non-hydrogen) atoms. The molecule has 0 saturated carbocycles. The predicted octanol–water partition coefficient (Wildman–Crippen LogP) is -2.10. The van der Waals surface area contributed by atoms with Crippen LogP contribution < -0.4 is 10.4 Å². The molecular weight excluding hydrogens is 174 g/mol. The monoisotopic (exact) mass is 182 g/mol. The van der Waals surface area contributed by atoms with Gasteiger partial charge in [0.25, 0.3) is 5.91 Å². The van der Waals surface area contributed by atoms with Crippen molar-refractivity contribution < 1.29 is 14.7 Å². The smallest absolute Gasteiger partial charge is 0.269 e. The third-order valence-electron chi connectivity index (χ3n) is 1.45. The van der Waals surface area contributed by atoms with Gasteiger partial charge >= 0.3 is 0 Å². The van der Waals surface area contributed by atoms with Gasteiger partial charge < -0.3 is 15.2 Å². The highest BCUT2D eigenvalue weighted by atomic mass is 16.4. The van der Waals surface area contributed by atoms with Crippen molar-refractivity contribution in [1.82, 2.24) is 15.1 Å². The normalized spacial score (nSPS) is 9.62. The molecule has 0 aliphatic carbocycles. The Morgan fingerprint density at radius 1 is 1.69 bits per heavy atom. The second-order valence-corrected chi connectivity index (χ2v) is 2.39. The summed E-state index contributed by atoms with van der Waals surface area (Å²) in [7, 11) is 1.59. The van der Waals surface area contributed by atoms with Crippen LogP contribution in [-0.2, 0) is 11.8 Å². The van der Waals surface area contributed by atoms with E-state index in [0.717, 1.165) is 0 Å². The van der Waals surface area contributed by atoms with Gasteiger partial charge in [0.2, 0.25) is 0 Å². The van der Waals surface area contributed by atoms with Crippen molar-refractivity contribution in [3.05, 3.63) is 18.0 Å². The van der Waals surface area contributed by atoms with Crippen molar-refractivity contribution in [2.24, 2.45) is 7.05 Å². The molecule has 1 amide bonds. The number of aryl methyl sites for hydroxylation is 1. The summed E-state index contributed by atoms with van der Waals surface area (Å²) in [6.07, 6.45) is 1.45. The van der Waals surface area contributed by atoms with E-state index in [1.165, 1.54) is 16.9 Å². The van der Waals surface area contributed by atoms with E-state index in [0.29, 0.717) is 5.69 Å². The van der Waals surface area contributed by atoms with Gasteiger partial charge in [-0.25, -0.2) is 0 Å². The summed E-state index contributed by atoms with van der Waals surface area (Å²) in [5.41, 5.74) is 0.307. The minimum Gasteiger partial charge on any atom is -0.548 e. The number of hydrogen-bond acceptors (Lipinski definition) is 4. The summed E-state index contributed by atoms with van der Waals surface area (Å²) in [6.45, 7) is -0.496. The Morgan fingerprint density at radius 3 is 2.85 bits per heavy atom. The number of carbonyl (C=O) groups excluding carboxylic acids is 2. The Hall–Kier alpha value is -1.85. The van der Waals surface area contributed by atoms with E-state index in [2.05, 4.69) is 10.4 Å². The van der Waals surface area contributed by atoms with Crippen molar-refractivity contribution >= 4 is 11.9 Å². The number of aromatic nitrogens is 2. The number of amides is 1. The van der Waals surface area contributed by atoms with Crippen molar-refractivity contribution in [3.8, 4) is 0 Å². The standard InChI is InChI=1S/C7H9N3O3/c1-10-5(2-3-9-10)7(13)8-4-6(11)12/h2-3H,4H2,1H3,(H,8,13)(H,11,12)/p-1. The molecule has 0 bridgehead atoms. The molecule has 0 aliphatic rings. The molecule has 1 heterocycles. The fourth-order valence-corrected chi connectivity index (χ4v) is 0.840. The van der Waals surface area contributed by atoms with Crippen LogP contribution in [0.4, 0.5) is 0 Å². The molecule has 1 aromatic rings. The highest BCUT2D eigenvalue weighted by molar-refractivity contribution is 5.93. The third-order valence-corrected chi connectivity index (χ3v) is 1.45. The van der Waals surface area contributed by atoms with Crippen LogP contribution in [0, 0.1) is 0 Å². The Kier molecular flexibility index (Phi) is 2.63. The molecule has 0 aromatic carbocycles. The lowest BCUT2D eigenvalue weighted by atomic mass is 10.4. The maximum atomic E-state index is 11.2. The molecule has 0 saturated heterocycles. The van der Waals surface area contributed by atoms with Gasteiger partial charge in [0.05, 0.1) is 12.5 Å². The number of hydrogen-bond donors (Lipinski definition) is 1. The SMILES string of the molecule is Cn1nccc1C(=O)NCC(=O)[O-]. The van der Waals surface area contributed by atoms with Crippen LogP contribution in [-0.4, -0.2) is 28.2 Å². The average Bonchev–Trinajstić information content (AvgIpc) is 2.47. The Morgan fingerprint density at radius 2 is 2.38 bits per heavy atom. The average molecular weight is 182 g/mol. The number of nitrogens with one attached hydrogen (secondary N) is 1. The van der Waals surface area contributed by atoms with E-state index in [1.54, 1.807) is 7.05 Å². The van der Waals surface area contributed by atoms with Gasteiger partial charge in [0, 0.05) is 13.2 Å². The van der Waals surface area contributed by atoms with Crippen LogP contribution in [0.5, 0.6) is 0 Å². The molecule has 0 radical (unpaired) electrons. The Bertz CT molecular complexity index is 331. The van der Waals surface area contributed by atoms with Gasteiger partial charge in [-0.2, -0.15) is 5.10 Å². The zero-order valence-corrected chi connectivity index (χ0v) is 6.98. The number of rotatable bonds is 3. The highest BCUT2D eigenvalue weighted by Crippen LogP contribution is 1.94. The third kappa shape index (κ3) is 2.29. The summed E-state index contributed by atoms with van der Waals surface area (Å²) in [4.78, 5) is 21.2. The van der Waals surface area contributed by atoms with Crippen LogP contribution in [0.25, 0.3) is 0 Å². The van der Waals surface area contributed by atoms with E-state index >= 15 is 0 Å². The summed E-state index contributed by atoms with van der Waals surface area (Å²) in [5.74, 6) is -1.81. The van der Waals surface area contributed by atoms with Crippen molar-refractivity contribution in [3.63, 3.8) is 0 Å². The van der Waals surface area contributed by atoms with E-state index in [9.17, 15) is 14.7 Å². The largest absolute Gasteiger partial charge is 0.548 e. The van der Waals surface area contributed by atoms with Gasteiger partial charge in [-0.3, -0.25) is 9.48 Å². The molecule has 0 spiro atoms. The van der Waals surface area contributed by atoms with Crippen LogP contribution in [0.2, 0.25) is 0 Å². The van der Waals surface area contributed by atoms with Gasteiger partial charge in [-0.15, -0.1) is 0 Å². The van der Waals surface area contributed by atoms with Gasteiger partial charge in [0.1, 0.15) is 5.69 Å². The van der Waals surface area contributed by atoms with Crippen molar-refractivity contribution in [2.75, 3.05) is 6.54 Å². The Balaban J connectivity index is 2.59. The summed E-state index contributed by atoms with van der Waals surface area (Å²) >= 11 is 0. The maximum absolute atomic E-state index is 11.2. The molecule has 0 aliphatic heterocycles. The van der Waals surface area contributed by atoms with Crippen molar-refractivity contribution in [2.45, 2.75) is 0 Å². The summed E-state index contributed by atoms with van der Waals surface area (Å²) in [6, 6.07) is 1.49.